The summed E-state index contributed by atoms with van der Waals surface area (Å²) < 4.78 is 13.0. The van der Waals surface area contributed by atoms with E-state index < -0.39 is 0 Å². The molecule has 1 N–H and O–H groups in total. The molecule has 30 heavy (non-hydrogen) atoms. The van der Waals surface area contributed by atoms with Gasteiger partial charge in [0.05, 0.1) is 0 Å². The number of rotatable bonds is 5. The molecule has 1 amide bonds. The van der Waals surface area contributed by atoms with E-state index >= 15 is 0 Å². The van der Waals surface area contributed by atoms with Gasteiger partial charge >= 0.3 is 0 Å². The normalized spacial score (nSPS) is 14.5. The van der Waals surface area contributed by atoms with Crippen LogP contribution < -0.4 is 10.2 Å². The second-order valence-corrected chi connectivity index (χ2v) is 7.39. The van der Waals surface area contributed by atoms with Gasteiger partial charge in [-0.15, -0.1) is 0 Å². The molecule has 0 bridgehead atoms. The molecular formula is C23H24FN5O. The number of aromatic nitrogens is 3. The van der Waals surface area contributed by atoms with E-state index in [-0.39, 0.29) is 17.6 Å². The number of hydrogen-bond acceptors (Lipinski definition) is 5. The topological polar surface area (TPSA) is 71.0 Å². The van der Waals surface area contributed by atoms with Crippen LogP contribution in [0.3, 0.4) is 0 Å². The molecule has 0 spiro atoms. The van der Waals surface area contributed by atoms with Gasteiger partial charge in [-0.1, -0.05) is 6.92 Å². The van der Waals surface area contributed by atoms with Crippen molar-refractivity contribution in [2.75, 3.05) is 23.3 Å². The Morgan fingerprint density at radius 3 is 2.47 bits per heavy atom. The van der Waals surface area contributed by atoms with Crippen molar-refractivity contribution in [2.45, 2.75) is 26.2 Å². The number of pyridine rings is 1. The first-order valence-corrected chi connectivity index (χ1v) is 10.2. The number of nitrogens with one attached hydrogen (secondary N) is 1. The molecular weight excluding hydrogens is 381 g/mol. The van der Waals surface area contributed by atoms with Gasteiger partial charge in [0.25, 0.3) is 0 Å². The first kappa shape index (κ1) is 19.9. The summed E-state index contributed by atoms with van der Waals surface area (Å²) in [6.45, 7) is 3.57. The van der Waals surface area contributed by atoms with E-state index in [2.05, 4.69) is 27.1 Å². The zero-order chi connectivity index (χ0) is 20.9. The summed E-state index contributed by atoms with van der Waals surface area (Å²) in [5.74, 6) is 1.19. The summed E-state index contributed by atoms with van der Waals surface area (Å²) >= 11 is 0. The molecule has 1 aromatic carbocycles. The number of carbonyl (C=O) groups excluding carboxylic acids is 1. The van der Waals surface area contributed by atoms with Gasteiger partial charge in [0.1, 0.15) is 11.6 Å². The van der Waals surface area contributed by atoms with Crippen molar-refractivity contribution in [1.82, 2.24) is 15.0 Å². The molecule has 3 aromatic rings. The molecule has 0 saturated carbocycles. The van der Waals surface area contributed by atoms with E-state index in [4.69, 9.17) is 4.98 Å². The number of carbonyl (C=O) groups is 1. The van der Waals surface area contributed by atoms with Crippen LogP contribution in [-0.2, 0) is 11.2 Å². The van der Waals surface area contributed by atoms with Gasteiger partial charge in [0, 0.05) is 54.4 Å². The van der Waals surface area contributed by atoms with Crippen LogP contribution in [0, 0.1) is 11.7 Å². The van der Waals surface area contributed by atoms with Crippen molar-refractivity contribution in [2.24, 2.45) is 5.92 Å². The Bertz CT molecular complexity index is 1000. The van der Waals surface area contributed by atoms with Crippen LogP contribution in [-0.4, -0.2) is 33.9 Å². The average molecular weight is 405 g/mol. The van der Waals surface area contributed by atoms with E-state index in [1.807, 2.05) is 18.2 Å². The fourth-order valence-corrected chi connectivity index (χ4v) is 3.60. The van der Waals surface area contributed by atoms with Crippen LogP contribution in [0.2, 0.25) is 0 Å². The van der Waals surface area contributed by atoms with Gasteiger partial charge < -0.3 is 10.2 Å². The molecule has 0 aliphatic carbocycles. The molecule has 0 unspecified atom stereocenters. The maximum Gasteiger partial charge on any atom is 0.227 e. The molecule has 3 heterocycles. The molecule has 1 fully saturated rings. The number of halogens is 1. The number of aryl methyl sites for hydroxylation is 1. The van der Waals surface area contributed by atoms with Gasteiger partial charge in [-0.25, -0.2) is 14.4 Å². The van der Waals surface area contributed by atoms with Crippen molar-refractivity contribution in [1.29, 1.82) is 0 Å². The lowest BCUT2D eigenvalue weighted by Crippen LogP contribution is -2.38. The first-order valence-electron chi connectivity index (χ1n) is 10.2. The third-order valence-electron chi connectivity index (χ3n) is 5.37. The molecule has 6 nitrogen and oxygen atoms in total. The van der Waals surface area contributed by atoms with Crippen LogP contribution in [0.4, 0.5) is 15.9 Å². The fraction of sp³-hybridized carbons (Fsp3) is 0.304. The third kappa shape index (κ3) is 4.62. The van der Waals surface area contributed by atoms with Crippen LogP contribution in [0.1, 0.15) is 25.5 Å². The molecule has 0 radical (unpaired) electrons. The highest BCUT2D eigenvalue weighted by atomic mass is 19.1. The maximum atomic E-state index is 13.0. The Labute approximate surface area is 175 Å². The Kier molecular flexibility index (Phi) is 5.97. The second-order valence-electron chi connectivity index (χ2n) is 7.39. The lowest BCUT2D eigenvalue weighted by molar-refractivity contribution is -0.120. The number of amides is 1. The number of piperidine rings is 1. The number of anilines is 2. The Balaban J connectivity index is 1.43. The van der Waals surface area contributed by atoms with Crippen molar-refractivity contribution < 1.29 is 9.18 Å². The monoisotopic (exact) mass is 405 g/mol. The number of benzene rings is 1. The summed E-state index contributed by atoms with van der Waals surface area (Å²) in [7, 11) is 0. The lowest BCUT2D eigenvalue weighted by atomic mass is 9.95. The van der Waals surface area contributed by atoms with Crippen molar-refractivity contribution in [3.05, 3.63) is 66.4 Å². The third-order valence-corrected chi connectivity index (χ3v) is 5.37. The molecule has 2 aromatic heterocycles. The SMILES string of the molecule is CCc1cc(N2CCC(C(=O)Nc3ccc(F)cc3)CC2)nc(-c2ccncc2)n1. The fourth-order valence-electron chi connectivity index (χ4n) is 3.60. The largest absolute Gasteiger partial charge is 0.356 e. The molecule has 4 rings (SSSR count). The van der Waals surface area contributed by atoms with Gasteiger partial charge in [-0.3, -0.25) is 9.78 Å². The zero-order valence-corrected chi connectivity index (χ0v) is 16.9. The highest BCUT2D eigenvalue weighted by Crippen LogP contribution is 2.26. The van der Waals surface area contributed by atoms with E-state index in [0.717, 1.165) is 49.4 Å². The van der Waals surface area contributed by atoms with Gasteiger partial charge in [-0.05, 0) is 55.7 Å². The minimum absolute atomic E-state index is 0.0179. The highest BCUT2D eigenvalue weighted by Gasteiger charge is 2.26. The van der Waals surface area contributed by atoms with Gasteiger partial charge in [0.2, 0.25) is 5.91 Å². The first-order chi connectivity index (χ1) is 14.6. The zero-order valence-electron chi connectivity index (χ0n) is 16.9. The van der Waals surface area contributed by atoms with E-state index in [1.165, 1.54) is 12.1 Å². The highest BCUT2D eigenvalue weighted by molar-refractivity contribution is 5.92. The van der Waals surface area contributed by atoms with E-state index in [1.54, 1.807) is 24.5 Å². The van der Waals surface area contributed by atoms with Crippen LogP contribution in [0.15, 0.2) is 54.9 Å². The van der Waals surface area contributed by atoms with Crippen molar-refractivity contribution in [3.63, 3.8) is 0 Å². The van der Waals surface area contributed by atoms with Gasteiger partial charge in [0.15, 0.2) is 5.82 Å². The molecule has 1 aliphatic heterocycles. The predicted molar refractivity (Wildman–Crippen MR) is 115 cm³/mol. The summed E-state index contributed by atoms with van der Waals surface area (Å²) in [5, 5.41) is 2.89. The quantitative estimate of drug-likeness (QED) is 0.692. The minimum atomic E-state index is -0.316. The minimum Gasteiger partial charge on any atom is -0.356 e. The Morgan fingerprint density at radius 1 is 1.10 bits per heavy atom. The second kappa shape index (κ2) is 8.98. The molecule has 154 valence electrons. The van der Waals surface area contributed by atoms with Crippen LogP contribution in [0.5, 0.6) is 0 Å². The average Bonchev–Trinajstić information content (AvgIpc) is 2.81. The molecule has 1 saturated heterocycles. The van der Waals surface area contributed by atoms with E-state index in [0.29, 0.717) is 11.5 Å². The van der Waals surface area contributed by atoms with E-state index in [9.17, 15) is 9.18 Å². The van der Waals surface area contributed by atoms with Crippen LogP contribution >= 0.6 is 0 Å². The van der Waals surface area contributed by atoms with Crippen molar-refractivity contribution >= 4 is 17.4 Å². The maximum absolute atomic E-state index is 13.0. The Hall–Kier alpha value is -3.35. The smallest absolute Gasteiger partial charge is 0.227 e. The summed E-state index contributed by atoms with van der Waals surface area (Å²) in [5.41, 5.74) is 2.55. The summed E-state index contributed by atoms with van der Waals surface area (Å²) in [4.78, 5) is 28.3. The predicted octanol–water partition coefficient (Wildman–Crippen LogP) is 4.10. The summed E-state index contributed by atoms with van der Waals surface area (Å²) in [6.07, 6.45) is 5.78. The van der Waals surface area contributed by atoms with Gasteiger partial charge in [-0.2, -0.15) is 0 Å². The molecule has 0 atom stereocenters. The lowest BCUT2D eigenvalue weighted by Gasteiger charge is -2.32. The molecule has 1 aliphatic rings. The summed E-state index contributed by atoms with van der Waals surface area (Å²) in [6, 6.07) is 11.7. The van der Waals surface area contributed by atoms with Crippen LogP contribution in [0.25, 0.3) is 11.4 Å². The number of nitrogens with zero attached hydrogens (tertiary/aromatic N) is 4. The Morgan fingerprint density at radius 2 is 1.80 bits per heavy atom. The molecule has 7 heteroatoms. The standard InChI is InChI=1S/C23H24FN5O/c1-2-19-15-21(28-22(26-19)16-7-11-25-12-8-16)29-13-9-17(10-14-29)23(30)27-20-5-3-18(24)4-6-20/h3-8,11-12,15,17H,2,9-10,13-14H2,1H3,(H,27,30). The van der Waals surface area contributed by atoms with Crippen molar-refractivity contribution in [3.8, 4) is 11.4 Å². The number of hydrogen-bond donors (Lipinski definition) is 1.